The third-order valence-electron chi connectivity index (χ3n) is 2.70. The Kier molecular flexibility index (Phi) is 4.57. The van der Waals surface area contributed by atoms with Crippen molar-refractivity contribution in [3.05, 3.63) is 38.9 Å². The van der Waals surface area contributed by atoms with Gasteiger partial charge in [0.25, 0.3) is 0 Å². The molecule has 2 aromatic rings. The smallest absolute Gasteiger partial charge is 0.335 e. The molecule has 0 fully saturated rings. The fourth-order valence-electron chi connectivity index (χ4n) is 1.66. The van der Waals surface area contributed by atoms with Gasteiger partial charge in [-0.25, -0.2) is 14.8 Å². The van der Waals surface area contributed by atoms with Crippen LogP contribution in [0.15, 0.2) is 18.3 Å². The summed E-state index contributed by atoms with van der Waals surface area (Å²) >= 11 is 7.45. The molecule has 5 nitrogen and oxygen atoms in total. The quantitative estimate of drug-likeness (QED) is 0.825. The molecule has 0 spiro atoms. The average molecular weight is 312 g/mol. The Morgan fingerprint density at radius 2 is 2.30 bits per heavy atom. The first kappa shape index (κ1) is 14.7. The van der Waals surface area contributed by atoms with E-state index < -0.39 is 5.97 Å². The zero-order valence-corrected chi connectivity index (χ0v) is 12.6. The number of pyridine rings is 1. The maximum Gasteiger partial charge on any atom is 0.335 e. The van der Waals surface area contributed by atoms with Crippen molar-refractivity contribution in [3.8, 4) is 0 Å². The Balaban J connectivity index is 2.18. The highest BCUT2D eigenvalue weighted by Crippen LogP contribution is 2.24. The Morgan fingerprint density at radius 1 is 1.55 bits per heavy atom. The van der Waals surface area contributed by atoms with E-state index in [1.165, 1.54) is 17.0 Å². The summed E-state index contributed by atoms with van der Waals surface area (Å²) in [4.78, 5) is 20.6. The van der Waals surface area contributed by atoms with Crippen LogP contribution in [0, 0.1) is 0 Å². The van der Waals surface area contributed by atoms with Crippen molar-refractivity contribution in [2.75, 3.05) is 5.32 Å². The summed E-state index contributed by atoms with van der Waals surface area (Å²) in [5.74, 6) is -0.608. The van der Waals surface area contributed by atoms with Gasteiger partial charge >= 0.3 is 5.97 Å². The molecule has 2 aromatic heterocycles. The lowest BCUT2D eigenvalue weighted by atomic mass is 10.2. The lowest BCUT2D eigenvalue weighted by Gasteiger charge is -2.12. The number of carboxylic acid groups (broad SMARTS) is 1. The van der Waals surface area contributed by atoms with Crippen LogP contribution in [-0.4, -0.2) is 21.0 Å². The van der Waals surface area contributed by atoms with Crippen molar-refractivity contribution < 1.29 is 9.90 Å². The van der Waals surface area contributed by atoms with Gasteiger partial charge < -0.3 is 10.4 Å². The summed E-state index contributed by atoms with van der Waals surface area (Å²) in [7, 11) is 0. The van der Waals surface area contributed by atoms with Gasteiger partial charge in [-0.1, -0.05) is 18.5 Å². The van der Waals surface area contributed by atoms with E-state index in [1.807, 2.05) is 13.1 Å². The highest BCUT2D eigenvalue weighted by molar-refractivity contribution is 7.11. The van der Waals surface area contributed by atoms with Crippen molar-refractivity contribution in [1.29, 1.82) is 0 Å². The van der Waals surface area contributed by atoms with Crippen LogP contribution in [0.25, 0.3) is 0 Å². The molecule has 0 aliphatic carbocycles. The lowest BCUT2D eigenvalue weighted by molar-refractivity contribution is 0.0697. The number of aromatic nitrogens is 2. The molecular weight excluding hydrogens is 298 g/mol. The van der Waals surface area contributed by atoms with Crippen molar-refractivity contribution >= 4 is 34.7 Å². The highest BCUT2D eigenvalue weighted by Gasteiger charge is 2.13. The van der Waals surface area contributed by atoms with E-state index in [9.17, 15) is 4.79 Å². The van der Waals surface area contributed by atoms with Gasteiger partial charge in [-0.15, -0.1) is 11.3 Å². The van der Waals surface area contributed by atoms with Gasteiger partial charge in [-0.05, 0) is 25.5 Å². The Hall–Kier alpha value is -1.66. The molecule has 0 aliphatic heterocycles. The summed E-state index contributed by atoms with van der Waals surface area (Å²) in [6.07, 6.45) is 2.80. The van der Waals surface area contributed by atoms with E-state index >= 15 is 0 Å². The summed E-state index contributed by atoms with van der Waals surface area (Å²) in [6.45, 7) is 4.02. The maximum atomic E-state index is 11.0. The molecule has 0 radical (unpaired) electrons. The number of halogens is 1. The highest BCUT2D eigenvalue weighted by atomic mass is 35.5. The monoisotopic (exact) mass is 311 g/mol. The minimum atomic E-state index is -1.03. The number of hydrogen-bond acceptors (Lipinski definition) is 5. The van der Waals surface area contributed by atoms with E-state index in [-0.39, 0.29) is 16.8 Å². The fourth-order valence-corrected chi connectivity index (χ4v) is 2.73. The predicted molar refractivity (Wildman–Crippen MR) is 79.7 cm³/mol. The van der Waals surface area contributed by atoms with E-state index in [0.29, 0.717) is 5.82 Å². The first-order valence-corrected chi connectivity index (χ1v) is 7.31. The number of aromatic carboxylic acids is 1. The van der Waals surface area contributed by atoms with Gasteiger partial charge in [0.05, 0.1) is 11.6 Å². The number of carbonyl (C=O) groups is 1. The molecule has 2 N–H and O–H groups in total. The molecule has 2 heterocycles. The molecule has 1 unspecified atom stereocenters. The summed E-state index contributed by atoms with van der Waals surface area (Å²) in [5, 5.41) is 13.2. The molecule has 0 amide bonds. The topological polar surface area (TPSA) is 75.1 Å². The molecule has 7 heteroatoms. The summed E-state index contributed by atoms with van der Waals surface area (Å²) in [6, 6.07) is 2.71. The molecule has 0 saturated carbocycles. The maximum absolute atomic E-state index is 11.0. The van der Waals surface area contributed by atoms with E-state index in [2.05, 4.69) is 22.2 Å². The van der Waals surface area contributed by atoms with Crippen LogP contribution in [0.2, 0.25) is 5.15 Å². The molecule has 0 bridgehead atoms. The van der Waals surface area contributed by atoms with Crippen LogP contribution in [0.3, 0.4) is 0 Å². The first-order chi connectivity index (χ1) is 9.49. The van der Waals surface area contributed by atoms with E-state index in [1.54, 1.807) is 11.3 Å². The number of aryl methyl sites for hydroxylation is 1. The van der Waals surface area contributed by atoms with Crippen molar-refractivity contribution in [2.45, 2.75) is 26.3 Å². The lowest BCUT2D eigenvalue weighted by Crippen LogP contribution is -2.09. The standard InChI is InChI=1S/C13H14ClN3O2S/c1-3-9-6-15-12(20-9)7(2)16-11-5-8(13(18)19)4-10(14)17-11/h4-7H,3H2,1-2H3,(H,16,17)(H,18,19). The van der Waals surface area contributed by atoms with Crippen LogP contribution in [-0.2, 0) is 6.42 Å². The Labute approximate surface area is 125 Å². The SMILES string of the molecule is CCc1cnc(C(C)Nc2cc(C(=O)O)cc(Cl)n2)s1. The molecule has 106 valence electrons. The van der Waals surface area contributed by atoms with E-state index in [0.717, 1.165) is 11.4 Å². The number of hydrogen-bond donors (Lipinski definition) is 2. The van der Waals surface area contributed by atoms with Gasteiger partial charge in [0.15, 0.2) is 0 Å². The second-order valence-electron chi connectivity index (χ2n) is 4.25. The molecule has 0 saturated heterocycles. The predicted octanol–water partition coefficient (Wildman–Crippen LogP) is 3.63. The summed E-state index contributed by atoms with van der Waals surface area (Å²) in [5.41, 5.74) is 0.105. The normalized spacial score (nSPS) is 12.2. The fraction of sp³-hybridized carbons (Fsp3) is 0.308. The van der Waals surface area contributed by atoms with Crippen molar-refractivity contribution in [2.24, 2.45) is 0 Å². The van der Waals surface area contributed by atoms with Crippen LogP contribution in [0.1, 0.15) is 40.1 Å². The number of nitrogens with zero attached hydrogens (tertiary/aromatic N) is 2. The number of anilines is 1. The van der Waals surface area contributed by atoms with Gasteiger partial charge in [0.1, 0.15) is 16.0 Å². The van der Waals surface area contributed by atoms with E-state index in [4.69, 9.17) is 16.7 Å². The van der Waals surface area contributed by atoms with Gasteiger partial charge in [-0.3, -0.25) is 0 Å². The second-order valence-corrected chi connectivity index (χ2v) is 5.79. The van der Waals surface area contributed by atoms with Gasteiger partial charge in [0.2, 0.25) is 0 Å². The van der Waals surface area contributed by atoms with Crippen molar-refractivity contribution in [1.82, 2.24) is 9.97 Å². The molecule has 20 heavy (non-hydrogen) atoms. The minimum Gasteiger partial charge on any atom is -0.478 e. The average Bonchev–Trinajstić information content (AvgIpc) is 2.86. The zero-order valence-electron chi connectivity index (χ0n) is 11.1. The van der Waals surface area contributed by atoms with Gasteiger partial charge in [0, 0.05) is 11.1 Å². The largest absolute Gasteiger partial charge is 0.478 e. The van der Waals surface area contributed by atoms with Crippen LogP contribution in [0.5, 0.6) is 0 Å². The third-order valence-corrected chi connectivity index (χ3v) is 4.21. The number of carboxylic acids is 1. The number of thiazole rings is 1. The third kappa shape index (κ3) is 3.46. The van der Waals surface area contributed by atoms with Crippen molar-refractivity contribution in [3.63, 3.8) is 0 Å². The first-order valence-electron chi connectivity index (χ1n) is 6.11. The number of nitrogens with one attached hydrogen (secondary N) is 1. The Morgan fingerprint density at radius 3 is 2.90 bits per heavy atom. The van der Waals surface area contributed by atoms with Crippen LogP contribution in [0.4, 0.5) is 5.82 Å². The van der Waals surface area contributed by atoms with Crippen LogP contribution >= 0.6 is 22.9 Å². The zero-order chi connectivity index (χ0) is 14.7. The molecule has 0 aliphatic rings. The molecule has 2 rings (SSSR count). The number of rotatable bonds is 5. The second kappa shape index (κ2) is 6.19. The molecular formula is C13H14ClN3O2S. The Bertz CT molecular complexity index is 630. The molecule has 0 aromatic carbocycles. The molecule has 1 atom stereocenters. The minimum absolute atomic E-state index is 0.0621. The van der Waals surface area contributed by atoms with Crippen LogP contribution < -0.4 is 5.32 Å². The van der Waals surface area contributed by atoms with Gasteiger partial charge in [-0.2, -0.15) is 0 Å². The summed E-state index contributed by atoms with van der Waals surface area (Å²) < 4.78 is 0.